The normalized spacial score (nSPS) is 14.3. The van der Waals surface area contributed by atoms with Crippen LogP contribution in [0.1, 0.15) is 194 Å². The molecular weight excluding hydrogens is 576 g/mol. The van der Waals surface area contributed by atoms with E-state index in [4.69, 9.17) is 0 Å². The highest BCUT2D eigenvalue weighted by molar-refractivity contribution is 5.64. The Balaban J connectivity index is 0.00000882. The van der Waals surface area contributed by atoms with Crippen molar-refractivity contribution >= 4 is 11.4 Å². The summed E-state index contributed by atoms with van der Waals surface area (Å²) in [4.78, 5) is 4.40. The number of hydrogen-bond donors (Lipinski definition) is 1. The van der Waals surface area contributed by atoms with E-state index in [0.29, 0.717) is 0 Å². The minimum Gasteiger partial charge on any atom is -1.00 e. The fourth-order valence-electron chi connectivity index (χ4n) is 6.89. The van der Waals surface area contributed by atoms with Crippen LogP contribution in [0.2, 0.25) is 0 Å². The molecule has 2 nitrogen and oxygen atoms in total. The van der Waals surface area contributed by atoms with Gasteiger partial charge in [-0.2, -0.15) is 0 Å². The van der Waals surface area contributed by atoms with E-state index in [9.17, 15) is 0 Å². The molecule has 0 amide bonds. The number of rotatable bonds is 30. The number of nitrogens with zero attached hydrogens (tertiary/aromatic N) is 1. The van der Waals surface area contributed by atoms with E-state index in [0.717, 1.165) is 0 Å². The van der Waals surface area contributed by atoms with Crippen LogP contribution in [0.3, 0.4) is 0 Å². The van der Waals surface area contributed by atoms with E-state index in [1.807, 2.05) is 0 Å². The number of unbranched alkanes of at least 4 members (excludes halogenated alkanes) is 26. The minimum atomic E-state index is 0. The SMILES string of the molecule is CCCCCCCCCCCCCCCCN1C[NH+](CCCCCCCCCCCCCCCC)c2ccccc21.[Br-]. The third-order valence-corrected chi connectivity index (χ3v) is 9.62. The average Bonchev–Trinajstić information content (AvgIpc) is 3.35. The molecule has 0 bridgehead atoms. The molecule has 1 aliphatic heterocycles. The van der Waals surface area contributed by atoms with Crippen LogP contribution in [-0.4, -0.2) is 19.8 Å². The molecule has 42 heavy (non-hydrogen) atoms. The maximum absolute atomic E-state index is 2.69. The van der Waals surface area contributed by atoms with Gasteiger partial charge in [0.2, 0.25) is 0 Å². The summed E-state index contributed by atoms with van der Waals surface area (Å²) in [6, 6.07) is 9.25. The van der Waals surface area contributed by atoms with Crippen LogP contribution in [0.25, 0.3) is 0 Å². The number of fused-ring (bicyclic) bond motifs is 1. The Morgan fingerprint density at radius 1 is 0.476 bits per heavy atom. The van der Waals surface area contributed by atoms with Gasteiger partial charge in [0.1, 0.15) is 5.69 Å². The largest absolute Gasteiger partial charge is 1.00 e. The first-order chi connectivity index (χ1) is 20.4. The van der Waals surface area contributed by atoms with Gasteiger partial charge in [0, 0.05) is 12.6 Å². The van der Waals surface area contributed by atoms with Gasteiger partial charge in [-0.3, -0.25) is 4.90 Å². The molecule has 1 atom stereocenters. The lowest BCUT2D eigenvalue weighted by Crippen LogP contribution is -3.07. The van der Waals surface area contributed by atoms with Crippen LogP contribution in [0.5, 0.6) is 0 Å². The Bertz CT molecular complexity index is 636. The molecule has 0 fully saturated rings. The van der Waals surface area contributed by atoms with Gasteiger partial charge in [-0.1, -0.05) is 187 Å². The second kappa shape index (κ2) is 29.2. The van der Waals surface area contributed by atoms with Gasteiger partial charge in [0.25, 0.3) is 0 Å². The number of hydrogen-bond acceptors (Lipinski definition) is 1. The lowest BCUT2D eigenvalue weighted by atomic mass is 10.0. The third-order valence-electron chi connectivity index (χ3n) is 9.62. The first kappa shape index (κ1) is 39.5. The zero-order valence-electron chi connectivity index (χ0n) is 28.6. The molecule has 1 aliphatic rings. The van der Waals surface area contributed by atoms with E-state index in [2.05, 4.69) is 43.0 Å². The molecule has 1 aromatic rings. The molecule has 1 aromatic carbocycles. The summed E-state index contributed by atoms with van der Waals surface area (Å²) in [5.41, 5.74) is 3.08. The van der Waals surface area contributed by atoms with E-state index in [1.54, 1.807) is 10.6 Å². The molecule has 0 spiro atoms. The summed E-state index contributed by atoms with van der Waals surface area (Å²) < 4.78 is 0. The van der Waals surface area contributed by atoms with Crippen LogP contribution >= 0.6 is 0 Å². The lowest BCUT2D eigenvalue weighted by Gasteiger charge is -2.17. The van der Waals surface area contributed by atoms with Crippen LogP contribution in [0.15, 0.2) is 24.3 Å². The fourth-order valence-corrected chi connectivity index (χ4v) is 6.89. The molecule has 1 unspecified atom stereocenters. The Morgan fingerprint density at radius 2 is 0.833 bits per heavy atom. The summed E-state index contributed by atoms with van der Waals surface area (Å²) in [6.07, 6.45) is 40.4. The molecule has 0 aromatic heterocycles. The predicted octanol–water partition coefficient (Wildman–Crippen LogP) is 8.95. The quantitative estimate of drug-likeness (QED) is 0.0818. The number of halogens is 1. The molecular formula is C39H73BrN2. The van der Waals surface area contributed by atoms with Crippen LogP contribution in [0, 0.1) is 0 Å². The minimum absolute atomic E-state index is 0. The van der Waals surface area contributed by atoms with Crippen molar-refractivity contribution in [3.05, 3.63) is 24.3 Å². The van der Waals surface area contributed by atoms with E-state index >= 15 is 0 Å². The summed E-state index contributed by atoms with van der Waals surface area (Å²) in [5, 5.41) is 0. The summed E-state index contributed by atoms with van der Waals surface area (Å²) in [6.45, 7) is 8.36. The second-order valence-corrected chi connectivity index (χ2v) is 13.5. The fraction of sp³-hybridized carbons (Fsp3) is 0.846. The first-order valence-electron chi connectivity index (χ1n) is 19.1. The smallest absolute Gasteiger partial charge is 0.157 e. The molecule has 0 saturated heterocycles. The molecule has 1 N–H and O–H groups in total. The topological polar surface area (TPSA) is 7.68 Å². The summed E-state index contributed by atoms with van der Waals surface area (Å²) in [5.74, 6) is 0. The van der Waals surface area contributed by atoms with Gasteiger partial charge >= 0.3 is 0 Å². The second-order valence-electron chi connectivity index (χ2n) is 13.5. The van der Waals surface area contributed by atoms with Crippen molar-refractivity contribution in [2.45, 2.75) is 194 Å². The Kier molecular flexibility index (Phi) is 27.4. The third kappa shape index (κ3) is 19.7. The Morgan fingerprint density at radius 3 is 1.26 bits per heavy atom. The van der Waals surface area contributed by atoms with Crippen LogP contribution in [-0.2, 0) is 0 Å². The number of quaternary nitrogens is 1. The highest BCUT2D eigenvalue weighted by Gasteiger charge is 2.29. The lowest BCUT2D eigenvalue weighted by molar-refractivity contribution is -0.826. The van der Waals surface area contributed by atoms with E-state index < -0.39 is 0 Å². The van der Waals surface area contributed by atoms with Crippen molar-refractivity contribution in [1.29, 1.82) is 0 Å². The number of benzene rings is 1. The molecule has 0 saturated carbocycles. The average molecular weight is 650 g/mol. The number of nitrogens with one attached hydrogen (secondary N) is 1. The molecule has 246 valence electrons. The standard InChI is InChI=1S/C39H72N2.BrH/c1-3-5-7-9-11-13-15-17-19-21-23-25-27-31-35-40-37-41(39-34-30-29-33-38(39)40)36-32-28-26-24-22-20-18-16-14-12-10-8-6-4-2;/h29-30,33-34H,3-28,31-32,35-37H2,1-2H3;1H. The van der Waals surface area contributed by atoms with Gasteiger partial charge < -0.3 is 21.9 Å². The number of anilines is 1. The maximum atomic E-state index is 2.69. The first-order valence-corrected chi connectivity index (χ1v) is 19.1. The highest BCUT2D eigenvalue weighted by atomic mass is 79.9. The Hall–Kier alpha value is -0.540. The molecule has 3 heteroatoms. The van der Waals surface area contributed by atoms with Gasteiger partial charge in [-0.25, -0.2) is 0 Å². The van der Waals surface area contributed by atoms with E-state index in [1.165, 1.54) is 205 Å². The summed E-state index contributed by atoms with van der Waals surface area (Å²) in [7, 11) is 0. The molecule has 0 aliphatic carbocycles. The molecule has 1 heterocycles. The van der Waals surface area contributed by atoms with Gasteiger partial charge in [0.05, 0.1) is 6.54 Å². The van der Waals surface area contributed by atoms with Crippen molar-refractivity contribution in [3.63, 3.8) is 0 Å². The summed E-state index contributed by atoms with van der Waals surface area (Å²) >= 11 is 0. The van der Waals surface area contributed by atoms with Crippen LogP contribution < -0.4 is 26.8 Å². The van der Waals surface area contributed by atoms with Crippen molar-refractivity contribution < 1.29 is 21.9 Å². The molecule has 0 radical (unpaired) electrons. The Labute approximate surface area is 275 Å². The van der Waals surface area contributed by atoms with Gasteiger partial charge in [-0.15, -0.1) is 0 Å². The molecule has 2 rings (SSSR count). The van der Waals surface area contributed by atoms with Crippen LogP contribution in [0.4, 0.5) is 11.4 Å². The van der Waals surface area contributed by atoms with Crippen molar-refractivity contribution in [2.24, 2.45) is 0 Å². The maximum Gasteiger partial charge on any atom is 0.157 e. The number of para-hydroxylation sites is 2. The van der Waals surface area contributed by atoms with Gasteiger partial charge in [0.15, 0.2) is 12.4 Å². The predicted molar refractivity (Wildman–Crippen MR) is 185 cm³/mol. The van der Waals surface area contributed by atoms with E-state index in [-0.39, 0.29) is 17.0 Å². The van der Waals surface area contributed by atoms with Gasteiger partial charge in [-0.05, 0) is 25.3 Å². The van der Waals surface area contributed by atoms with Crippen molar-refractivity contribution in [2.75, 3.05) is 24.7 Å². The zero-order valence-corrected chi connectivity index (χ0v) is 30.1. The van der Waals surface area contributed by atoms with Crippen molar-refractivity contribution in [1.82, 2.24) is 0 Å². The van der Waals surface area contributed by atoms with Crippen molar-refractivity contribution in [3.8, 4) is 0 Å². The monoisotopic (exact) mass is 648 g/mol. The highest BCUT2D eigenvalue weighted by Crippen LogP contribution is 2.26. The zero-order chi connectivity index (χ0) is 29.1.